The minimum atomic E-state index is -0.0397. The molecule has 0 aromatic carbocycles. The van der Waals surface area contributed by atoms with Crippen molar-refractivity contribution in [3.8, 4) is 0 Å². The Morgan fingerprint density at radius 3 is 3.18 bits per heavy atom. The second kappa shape index (κ2) is 6.46. The quantitative estimate of drug-likeness (QED) is 0.718. The molecule has 2 aromatic heterocycles. The number of aromatic amines is 1. The van der Waals surface area contributed by atoms with Crippen LogP contribution in [0.25, 0.3) is 0 Å². The summed E-state index contributed by atoms with van der Waals surface area (Å²) in [5.41, 5.74) is 5.44. The molecule has 1 fully saturated rings. The van der Waals surface area contributed by atoms with Gasteiger partial charge in [-0.25, -0.2) is 4.79 Å². The van der Waals surface area contributed by atoms with E-state index in [1.165, 1.54) is 0 Å². The highest BCUT2D eigenvalue weighted by atomic mass is 16.2. The molecule has 3 heterocycles. The Bertz CT molecular complexity index is 607. The van der Waals surface area contributed by atoms with E-state index in [0.717, 1.165) is 25.9 Å². The van der Waals surface area contributed by atoms with Crippen molar-refractivity contribution in [2.45, 2.75) is 31.8 Å². The molecule has 4 N–H and O–H groups in total. The third kappa shape index (κ3) is 3.35. The highest BCUT2D eigenvalue weighted by Crippen LogP contribution is 2.18. The Balaban J connectivity index is 1.48. The van der Waals surface area contributed by atoms with Gasteiger partial charge in [0.25, 0.3) is 0 Å². The smallest absolute Gasteiger partial charge is 0.317 e. The summed E-state index contributed by atoms with van der Waals surface area (Å²) in [4.78, 5) is 18.2. The molecule has 1 aliphatic heterocycles. The molecule has 0 bridgehead atoms. The number of likely N-dealkylation sites (tertiary alicyclic amines) is 1. The molecule has 22 heavy (non-hydrogen) atoms. The number of carbonyl (C=O) groups is 1. The SMILES string of the molecule is Nc1n[nH]c(CCNC(=O)N2CCC[C@H]2Cn2cccn2)n1. The number of hydrogen-bond acceptors (Lipinski definition) is 5. The molecule has 0 unspecified atom stereocenters. The van der Waals surface area contributed by atoms with Crippen LogP contribution in [0.1, 0.15) is 18.7 Å². The van der Waals surface area contributed by atoms with E-state index in [1.54, 1.807) is 6.20 Å². The maximum Gasteiger partial charge on any atom is 0.317 e. The lowest BCUT2D eigenvalue weighted by Gasteiger charge is -2.24. The fourth-order valence-electron chi connectivity index (χ4n) is 2.73. The Morgan fingerprint density at radius 2 is 2.45 bits per heavy atom. The van der Waals surface area contributed by atoms with Crippen LogP contribution in [0.3, 0.4) is 0 Å². The van der Waals surface area contributed by atoms with E-state index in [9.17, 15) is 4.79 Å². The summed E-state index contributed by atoms with van der Waals surface area (Å²) >= 11 is 0. The summed E-state index contributed by atoms with van der Waals surface area (Å²) in [5.74, 6) is 0.896. The first-order valence-electron chi connectivity index (χ1n) is 7.41. The van der Waals surface area contributed by atoms with Gasteiger partial charge in [-0.1, -0.05) is 0 Å². The molecule has 1 atom stereocenters. The first-order valence-corrected chi connectivity index (χ1v) is 7.41. The number of nitrogen functional groups attached to an aromatic ring is 1. The monoisotopic (exact) mass is 304 g/mol. The minimum absolute atomic E-state index is 0.0397. The highest BCUT2D eigenvalue weighted by Gasteiger charge is 2.28. The van der Waals surface area contributed by atoms with Gasteiger partial charge in [-0.3, -0.25) is 9.78 Å². The molecule has 3 rings (SSSR count). The van der Waals surface area contributed by atoms with Gasteiger partial charge in [0.1, 0.15) is 5.82 Å². The van der Waals surface area contributed by atoms with E-state index >= 15 is 0 Å². The van der Waals surface area contributed by atoms with Crippen LogP contribution < -0.4 is 11.1 Å². The van der Waals surface area contributed by atoms with Crippen LogP contribution in [0.4, 0.5) is 10.7 Å². The second-order valence-electron chi connectivity index (χ2n) is 5.34. The lowest BCUT2D eigenvalue weighted by Crippen LogP contribution is -2.45. The summed E-state index contributed by atoms with van der Waals surface area (Å²) in [6.07, 6.45) is 6.28. The van der Waals surface area contributed by atoms with Crippen molar-refractivity contribution in [3.05, 3.63) is 24.3 Å². The van der Waals surface area contributed by atoms with E-state index < -0.39 is 0 Å². The van der Waals surface area contributed by atoms with Crippen LogP contribution in [0.5, 0.6) is 0 Å². The topological polar surface area (TPSA) is 118 Å². The van der Waals surface area contributed by atoms with Gasteiger partial charge in [0.15, 0.2) is 0 Å². The lowest BCUT2D eigenvalue weighted by molar-refractivity contribution is 0.186. The molecule has 9 nitrogen and oxygen atoms in total. The Kier molecular flexibility index (Phi) is 4.22. The van der Waals surface area contributed by atoms with Crippen molar-refractivity contribution < 1.29 is 4.79 Å². The number of nitrogens with zero attached hydrogens (tertiary/aromatic N) is 5. The van der Waals surface area contributed by atoms with Gasteiger partial charge < -0.3 is 16.0 Å². The zero-order valence-corrected chi connectivity index (χ0v) is 12.3. The molecule has 9 heteroatoms. The van der Waals surface area contributed by atoms with Crippen molar-refractivity contribution in [1.82, 2.24) is 35.2 Å². The van der Waals surface area contributed by atoms with Crippen LogP contribution in [-0.2, 0) is 13.0 Å². The molecule has 1 aliphatic rings. The number of carbonyl (C=O) groups excluding carboxylic acids is 1. The Labute approximate surface area is 127 Å². The normalized spacial score (nSPS) is 17.8. The van der Waals surface area contributed by atoms with Gasteiger partial charge in [-0.05, 0) is 18.9 Å². The molecular weight excluding hydrogens is 284 g/mol. The molecule has 0 aliphatic carbocycles. The van der Waals surface area contributed by atoms with Crippen LogP contribution in [0.2, 0.25) is 0 Å². The van der Waals surface area contributed by atoms with Crippen LogP contribution in [0, 0.1) is 0 Å². The Hall–Kier alpha value is -2.58. The predicted octanol–water partition coefficient (Wildman–Crippen LogP) is 0.0001000. The summed E-state index contributed by atoms with van der Waals surface area (Å²) < 4.78 is 1.87. The van der Waals surface area contributed by atoms with Gasteiger partial charge in [0.2, 0.25) is 5.95 Å². The van der Waals surface area contributed by atoms with Crippen molar-refractivity contribution in [2.24, 2.45) is 0 Å². The van der Waals surface area contributed by atoms with E-state index in [-0.39, 0.29) is 18.0 Å². The second-order valence-corrected chi connectivity index (χ2v) is 5.34. The van der Waals surface area contributed by atoms with E-state index in [0.29, 0.717) is 18.8 Å². The first kappa shape index (κ1) is 14.4. The fourth-order valence-corrected chi connectivity index (χ4v) is 2.73. The molecule has 2 amide bonds. The summed E-state index contributed by atoms with van der Waals surface area (Å²) in [6.45, 7) is 2.02. The maximum absolute atomic E-state index is 12.3. The summed E-state index contributed by atoms with van der Waals surface area (Å²) in [6, 6.07) is 2.05. The average molecular weight is 304 g/mol. The number of nitrogens with one attached hydrogen (secondary N) is 2. The van der Waals surface area contributed by atoms with Gasteiger partial charge in [-0.15, -0.1) is 5.10 Å². The fraction of sp³-hybridized carbons (Fsp3) is 0.538. The molecule has 2 aromatic rings. The number of hydrogen-bond donors (Lipinski definition) is 3. The van der Waals surface area contributed by atoms with Crippen molar-refractivity contribution in [2.75, 3.05) is 18.8 Å². The zero-order valence-electron chi connectivity index (χ0n) is 12.3. The number of H-pyrrole nitrogens is 1. The molecule has 0 saturated carbocycles. The molecule has 0 radical (unpaired) electrons. The lowest BCUT2D eigenvalue weighted by atomic mass is 10.2. The van der Waals surface area contributed by atoms with Crippen LogP contribution in [-0.4, -0.2) is 55.0 Å². The zero-order chi connectivity index (χ0) is 15.4. The summed E-state index contributed by atoms with van der Waals surface area (Å²) in [7, 11) is 0. The van der Waals surface area contributed by atoms with Gasteiger partial charge >= 0.3 is 6.03 Å². The minimum Gasteiger partial charge on any atom is -0.367 e. The third-order valence-corrected chi connectivity index (χ3v) is 3.78. The first-order chi connectivity index (χ1) is 10.7. The molecular formula is C13H20N8O. The average Bonchev–Trinajstić information content (AvgIpc) is 3.22. The van der Waals surface area contributed by atoms with Crippen molar-refractivity contribution in [3.63, 3.8) is 0 Å². The maximum atomic E-state index is 12.3. The number of aromatic nitrogens is 5. The van der Waals surface area contributed by atoms with Crippen molar-refractivity contribution >= 4 is 12.0 Å². The predicted molar refractivity (Wildman–Crippen MR) is 79.9 cm³/mol. The molecule has 118 valence electrons. The Morgan fingerprint density at radius 1 is 1.55 bits per heavy atom. The van der Waals surface area contributed by atoms with Gasteiger partial charge in [0.05, 0.1) is 12.6 Å². The van der Waals surface area contributed by atoms with Gasteiger partial charge in [-0.2, -0.15) is 10.1 Å². The third-order valence-electron chi connectivity index (χ3n) is 3.78. The number of amides is 2. The van der Waals surface area contributed by atoms with Crippen LogP contribution in [0.15, 0.2) is 18.5 Å². The number of rotatable bonds is 5. The highest BCUT2D eigenvalue weighted by molar-refractivity contribution is 5.74. The molecule has 0 spiro atoms. The van der Waals surface area contributed by atoms with Gasteiger partial charge in [0, 0.05) is 31.9 Å². The number of nitrogens with two attached hydrogens (primary N) is 1. The van der Waals surface area contributed by atoms with E-state index in [2.05, 4.69) is 25.6 Å². The van der Waals surface area contributed by atoms with Crippen molar-refractivity contribution in [1.29, 1.82) is 0 Å². The number of anilines is 1. The van der Waals surface area contributed by atoms with Crippen LogP contribution >= 0.6 is 0 Å². The van der Waals surface area contributed by atoms with E-state index in [1.807, 2.05) is 21.8 Å². The van der Waals surface area contributed by atoms with E-state index in [4.69, 9.17) is 5.73 Å². The number of urea groups is 1. The molecule has 1 saturated heterocycles. The largest absolute Gasteiger partial charge is 0.367 e. The standard InChI is InChI=1S/C13H20N8O/c14-12-17-11(18-19-12)4-6-15-13(22)21-8-1-3-10(21)9-20-7-2-5-16-20/h2,5,7,10H,1,3-4,6,8-9H2,(H,15,22)(H3,14,17,18,19)/t10-/m0/s1. The summed E-state index contributed by atoms with van der Waals surface area (Å²) in [5, 5.41) is 13.6.